The molecule has 0 aliphatic heterocycles. The lowest BCUT2D eigenvalue weighted by Crippen LogP contribution is -1.90. The molecular formula is C11H10N6S. The van der Waals surface area contributed by atoms with Crippen molar-refractivity contribution in [2.24, 2.45) is 0 Å². The van der Waals surface area contributed by atoms with Crippen molar-refractivity contribution in [3.8, 4) is 0 Å². The van der Waals surface area contributed by atoms with E-state index in [0.29, 0.717) is 10.8 Å². The van der Waals surface area contributed by atoms with Crippen molar-refractivity contribution >= 4 is 28.4 Å². The summed E-state index contributed by atoms with van der Waals surface area (Å²) in [5.74, 6) is 0.778. The third-order valence-electron chi connectivity index (χ3n) is 2.39. The molecule has 0 bridgehead atoms. The average molecular weight is 258 g/mol. The molecular weight excluding hydrogens is 248 g/mol. The van der Waals surface area contributed by atoms with Crippen LogP contribution in [-0.4, -0.2) is 25.1 Å². The van der Waals surface area contributed by atoms with E-state index in [1.807, 2.05) is 25.1 Å². The van der Waals surface area contributed by atoms with Crippen molar-refractivity contribution < 1.29 is 0 Å². The van der Waals surface area contributed by atoms with Gasteiger partial charge in [-0.05, 0) is 36.9 Å². The van der Waals surface area contributed by atoms with Crippen LogP contribution in [0.3, 0.4) is 0 Å². The van der Waals surface area contributed by atoms with Gasteiger partial charge in [-0.15, -0.1) is 5.10 Å². The lowest BCUT2D eigenvalue weighted by molar-refractivity contribution is 0.964. The number of aromatic amines is 1. The van der Waals surface area contributed by atoms with E-state index in [9.17, 15) is 0 Å². The SMILES string of the molecule is Cc1nc(Sc2ncnc3cc(N)ccc23)n[nH]1. The fraction of sp³-hybridized carbons (Fsp3) is 0.0909. The molecule has 90 valence electrons. The van der Waals surface area contributed by atoms with Gasteiger partial charge in [0.05, 0.1) is 5.52 Å². The Kier molecular flexibility index (Phi) is 2.60. The summed E-state index contributed by atoms with van der Waals surface area (Å²) >= 11 is 1.40. The van der Waals surface area contributed by atoms with E-state index in [-0.39, 0.29) is 0 Å². The third-order valence-corrected chi connectivity index (χ3v) is 3.27. The Morgan fingerprint density at radius 1 is 1.28 bits per heavy atom. The van der Waals surface area contributed by atoms with Crippen molar-refractivity contribution in [3.05, 3.63) is 30.4 Å². The van der Waals surface area contributed by atoms with E-state index in [2.05, 4.69) is 25.1 Å². The Hall–Kier alpha value is -2.15. The Labute approximate surface area is 107 Å². The van der Waals surface area contributed by atoms with Crippen LogP contribution >= 0.6 is 11.8 Å². The first-order valence-corrected chi connectivity index (χ1v) is 6.11. The van der Waals surface area contributed by atoms with E-state index < -0.39 is 0 Å². The zero-order valence-electron chi connectivity index (χ0n) is 9.58. The van der Waals surface area contributed by atoms with Crippen LogP contribution in [0.2, 0.25) is 0 Å². The van der Waals surface area contributed by atoms with Gasteiger partial charge in [-0.2, -0.15) is 0 Å². The number of aryl methyl sites for hydroxylation is 1. The molecule has 18 heavy (non-hydrogen) atoms. The summed E-state index contributed by atoms with van der Waals surface area (Å²) in [5.41, 5.74) is 7.24. The lowest BCUT2D eigenvalue weighted by Gasteiger charge is -2.02. The highest BCUT2D eigenvalue weighted by atomic mass is 32.2. The molecule has 3 aromatic rings. The van der Waals surface area contributed by atoms with Crippen LogP contribution in [0.5, 0.6) is 0 Å². The summed E-state index contributed by atoms with van der Waals surface area (Å²) in [6.45, 7) is 1.86. The summed E-state index contributed by atoms with van der Waals surface area (Å²) in [7, 11) is 0. The number of hydrogen-bond donors (Lipinski definition) is 2. The number of benzene rings is 1. The number of anilines is 1. The zero-order valence-corrected chi connectivity index (χ0v) is 10.4. The molecule has 0 saturated carbocycles. The first kappa shape index (κ1) is 11.0. The van der Waals surface area contributed by atoms with Gasteiger partial charge < -0.3 is 5.73 Å². The van der Waals surface area contributed by atoms with Gasteiger partial charge in [0.15, 0.2) is 0 Å². The average Bonchev–Trinajstić information content (AvgIpc) is 2.75. The van der Waals surface area contributed by atoms with Gasteiger partial charge in [-0.3, -0.25) is 5.10 Å². The topological polar surface area (TPSA) is 93.4 Å². The minimum Gasteiger partial charge on any atom is -0.399 e. The molecule has 0 aliphatic carbocycles. The molecule has 2 aromatic heterocycles. The molecule has 0 spiro atoms. The lowest BCUT2D eigenvalue weighted by atomic mass is 10.2. The van der Waals surface area contributed by atoms with E-state index in [1.54, 1.807) is 0 Å². The van der Waals surface area contributed by atoms with E-state index in [0.717, 1.165) is 21.8 Å². The smallest absolute Gasteiger partial charge is 0.214 e. The van der Waals surface area contributed by atoms with Crippen LogP contribution in [0.25, 0.3) is 10.9 Å². The van der Waals surface area contributed by atoms with Gasteiger partial charge in [-0.25, -0.2) is 15.0 Å². The second kappa shape index (κ2) is 4.26. The van der Waals surface area contributed by atoms with Gasteiger partial charge in [-0.1, -0.05) is 0 Å². The number of hydrogen-bond acceptors (Lipinski definition) is 6. The maximum Gasteiger partial charge on any atom is 0.214 e. The van der Waals surface area contributed by atoms with Gasteiger partial charge in [0.2, 0.25) is 5.16 Å². The molecule has 3 rings (SSSR count). The van der Waals surface area contributed by atoms with E-state index >= 15 is 0 Å². The zero-order chi connectivity index (χ0) is 12.5. The molecule has 0 saturated heterocycles. The van der Waals surface area contributed by atoms with Crippen LogP contribution in [0, 0.1) is 6.92 Å². The molecule has 3 N–H and O–H groups in total. The maximum absolute atomic E-state index is 5.73. The number of H-pyrrole nitrogens is 1. The number of nitrogens with two attached hydrogens (primary N) is 1. The first-order valence-electron chi connectivity index (χ1n) is 5.29. The fourth-order valence-corrected chi connectivity index (χ4v) is 2.41. The van der Waals surface area contributed by atoms with Crippen molar-refractivity contribution in [2.45, 2.75) is 17.1 Å². The second-order valence-corrected chi connectivity index (χ2v) is 4.72. The largest absolute Gasteiger partial charge is 0.399 e. The summed E-state index contributed by atoms with van der Waals surface area (Å²) < 4.78 is 0. The Morgan fingerprint density at radius 3 is 2.94 bits per heavy atom. The number of nitrogen functional groups attached to an aromatic ring is 1. The van der Waals surface area contributed by atoms with Crippen LogP contribution < -0.4 is 5.73 Å². The molecule has 7 heteroatoms. The Balaban J connectivity index is 2.06. The van der Waals surface area contributed by atoms with E-state index in [4.69, 9.17) is 5.73 Å². The summed E-state index contributed by atoms with van der Waals surface area (Å²) in [4.78, 5) is 12.7. The molecule has 0 fully saturated rings. The number of rotatable bonds is 2. The van der Waals surface area contributed by atoms with Crippen molar-refractivity contribution in [1.82, 2.24) is 25.1 Å². The molecule has 6 nitrogen and oxygen atoms in total. The highest BCUT2D eigenvalue weighted by Crippen LogP contribution is 2.29. The monoisotopic (exact) mass is 258 g/mol. The predicted molar refractivity (Wildman–Crippen MR) is 69.2 cm³/mol. The van der Waals surface area contributed by atoms with Crippen molar-refractivity contribution in [1.29, 1.82) is 0 Å². The van der Waals surface area contributed by atoms with Crippen molar-refractivity contribution in [2.75, 3.05) is 5.73 Å². The summed E-state index contributed by atoms with van der Waals surface area (Å²) in [6, 6.07) is 5.57. The quantitative estimate of drug-likeness (QED) is 0.537. The number of nitrogens with one attached hydrogen (secondary N) is 1. The molecule has 0 aliphatic rings. The molecule has 0 unspecified atom stereocenters. The van der Waals surface area contributed by atoms with Gasteiger partial charge in [0, 0.05) is 11.1 Å². The summed E-state index contributed by atoms with van der Waals surface area (Å²) in [5, 5.41) is 9.28. The van der Waals surface area contributed by atoms with Crippen LogP contribution in [0.1, 0.15) is 5.82 Å². The highest BCUT2D eigenvalue weighted by molar-refractivity contribution is 7.99. The van der Waals surface area contributed by atoms with Crippen LogP contribution in [0.15, 0.2) is 34.7 Å². The fourth-order valence-electron chi connectivity index (χ4n) is 1.59. The Morgan fingerprint density at radius 2 is 2.17 bits per heavy atom. The molecule has 1 aromatic carbocycles. The number of fused-ring (bicyclic) bond motifs is 1. The summed E-state index contributed by atoms with van der Waals surface area (Å²) in [6.07, 6.45) is 1.52. The minimum atomic E-state index is 0.643. The highest BCUT2D eigenvalue weighted by Gasteiger charge is 2.08. The Bertz CT molecular complexity index is 708. The molecule has 0 atom stereocenters. The number of nitrogens with zero attached hydrogens (tertiary/aromatic N) is 4. The van der Waals surface area contributed by atoms with Crippen LogP contribution in [0.4, 0.5) is 5.69 Å². The maximum atomic E-state index is 5.73. The predicted octanol–water partition coefficient (Wildman–Crippen LogP) is 1.79. The minimum absolute atomic E-state index is 0.643. The van der Waals surface area contributed by atoms with Gasteiger partial charge >= 0.3 is 0 Å². The molecule has 0 radical (unpaired) electrons. The third kappa shape index (κ3) is 2.00. The van der Waals surface area contributed by atoms with Gasteiger partial charge in [0.25, 0.3) is 0 Å². The van der Waals surface area contributed by atoms with E-state index in [1.165, 1.54) is 18.1 Å². The molecule has 2 heterocycles. The van der Waals surface area contributed by atoms with Gasteiger partial charge in [0.1, 0.15) is 17.2 Å². The normalized spacial score (nSPS) is 10.9. The number of aromatic nitrogens is 5. The molecule has 0 amide bonds. The standard InChI is InChI=1S/C11H10N6S/c1-6-15-11(17-16-6)18-10-8-3-2-7(12)4-9(8)13-5-14-10/h2-5H,12H2,1H3,(H,15,16,17). The van der Waals surface area contributed by atoms with Crippen LogP contribution in [-0.2, 0) is 0 Å². The first-order chi connectivity index (χ1) is 8.72. The second-order valence-electron chi connectivity index (χ2n) is 3.76. The van der Waals surface area contributed by atoms with Crippen molar-refractivity contribution in [3.63, 3.8) is 0 Å².